The first-order valence-corrected chi connectivity index (χ1v) is 11.9. The number of thiophene rings is 1. The predicted octanol–water partition coefficient (Wildman–Crippen LogP) is 4.89. The van der Waals surface area contributed by atoms with Gasteiger partial charge >= 0.3 is 0 Å². The quantitative estimate of drug-likeness (QED) is 0.404. The van der Waals surface area contributed by atoms with Gasteiger partial charge in [-0.05, 0) is 30.5 Å². The van der Waals surface area contributed by atoms with Crippen molar-refractivity contribution in [2.24, 2.45) is 0 Å². The van der Waals surface area contributed by atoms with Gasteiger partial charge in [-0.1, -0.05) is 53.2 Å². The molecule has 1 atom stereocenters. The van der Waals surface area contributed by atoms with Crippen LogP contribution in [0.3, 0.4) is 0 Å². The number of hydrogen-bond acceptors (Lipinski definition) is 7. The zero-order chi connectivity index (χ0) is 21.3. The molecule has 0 saturated carbocycles. The molecule has 0 fully saturated rings. The summed E-state index contributed by atoms with van der Waals surface area (Å²) < 4.78 is 2.38. The van der Waals surface area contributed by atoms with Crippen molar-refractivity contribution in [2.75, 3.05) is 5.32 Å². The average Bonchev–Trinajstić information content (AvgIpc) is 3.38. The molecule has 10 heteroatoms. The minimum atomic E-state index is -0.693. The van der Waals surface area contributed by atoms with Gasteiger partial charge in [0, 0.05) is 15.4 Å². The fraction of sp³-hybridized carbons (Fsp3) is 0.250. The van der Waals surface area contributed by atoms with Crippen molar-refractivity contribution in [3.63, 3.8) is 0 Å². The number of anilines is 1. The van der Waals surface area contributed by atoms with Crippen molar-refractivity contribution in [1.29, 1.82) is 0 Å². The van der Waals surface area contributed by atoms with E-state index in [9.17, 15) is 9.59 Å². The number of carbonyl (C=O) groups excluding carboxylic acids is 1. The first-order valence-electron chi connectivity index (χ1n) is 9.39. The lowest BCUT2D eigenvalue weighted by atomic mass is 10.1. The highest BCUT2D eigenvalue weighted by molar-refractivity contribution is 9.10. The second-order valence-electron chi connectivity index (χ2n) is 6.56. The summed E-state index contributed by atoms with van der Waals surface area (Å²) >= 11 is 6.19. The molecule has 154 valence electrons. The Labute approximate surface area is 188 Å². The molecule has 1 amide bonds. The van der Waals surface area contributed by atoms with Gasteiger partial charge in [-0.3, -0.25) is 19.5 Å². The summed E-state index contributed by atoms with van der Waals surface area (Å²) in [6, 6.07) is 7.08. The van der Waals surface area contributed by atoms with E-state index in [-0.39, 0.29) is 11.5 Å². The van der Waals surface area contributed by atoms with Gasteiger partial charge in [0.2, 0.25) is 11.0 Å². The number of benzene rings is 1. The molecule has 1 unspecified atom stereocenters. The summed E-state index contributed by atoms with van der Waals surface area (Å²) in [4.78, 5) is 31.4. The molecule has 1 N–H and O–H groups in total. The number of fused-ring (bicyclic) bond motifs is 1. The Morgan fingerprint density at radius 3 is 2.67 bits per heavy atom. The van der Waals surface area contributed by atoms with Crippen LogP contribution >= 0.6 is 38.6 Å². The van der Waals surface area contributed by atoms with Crippen molar-refractivity contribution in [3.05, 3.63) is 55.8 Å². The molecule has 7 nitrogen and oxygen atoms in total. The first kappa shape index (κ1) is 20.8. The van der Waals surface area contributed by atoms with Gasteiger partial charge in [0.15, 0.2) is 0 Å². The van der Waals surface area contributed by atoms with Crippen LogP contribution in [-0.2, 0) is 11.2 Å². The Kier molecular flexibility index (Phi) is 6.07. The highest BCUT2D eigenvalue weighted by atomic mass is 79.9. The van der Waals surface area contributed by atoms with Gasteiger partial charge in [0.05, 0.1) is 11.7 Å². The van der Waals surface area contributed by atoms with Gasteiger partial charge < -0.3 is 0 Å². The van der Waals surface area contributed by atoms with Gasteiger partial charge in [0.25, 0.3) is 5.56 Å². The van der Waals surface area contributed by atoms with Gasteiger partial charge in [-0.15, -0.1) is 21.5 Å². The molecular formula is C20H18BrN5O2S2. The molecule has 4 rings (SSSR count). The first-order chi connectivity index (χ1) is 14.5. The van der Waals surface area contributed by atoms with Crippen LogP contribution in [0.1, 0.15) is 31.3 Å². The second kappa shape index (κ2) is 8.75. The summed E-state index contributed by atoms with van der Waals surface area (Å²) in [5.74, 6) is -0.306. The number of nitrogens with one attached hydrogen (secondary N) is 1. The fourth-order valence-electron chi connectivity index (χ4n) is 3.15. The molecule has 3 heterocycles. The molecule has 0 bridgehead atoms. The van der Waals surface area contributed by atoms with E-state index in [0.29, 0.717) is 21.8 Å². The predicted molar refractivity (Wildman–Crippen MR) is 124 cm³/mol. The van der Waals surface area contributed by atoms with Gasteiger partial charge in [0.1, 0.15) is 15.9 Å². The number of hydrogen-bond donors (Lipinski definition) is 1. The molecular weight excluding hydrogens is 486 g/mol. The van der Waals surface area contributed by atoms with Crippen LogP contribution in [0.15, 0.2) is 45.2 Å². The Balaban J connectivity index is 1.72. The number of nitrogens with zero attached hydrogens (tertiary/aromatic N) is 4. The summed E-state index contributed by atoms with van der Waals surface area (Å²) in [5, 5.41) is 14.5. The zero-order valence-electron chi connectivity index (χ0n) is 16.3. The monoisotopic (exact) mass is 503 g/mol. The maximum Gasteiger partial charge on any atom is 0.263 e. The van der Waals surface area contributed by atoms with Crippen molar-refractivity contribution in [3.8, 4) is 11.1 Å². The smallest absolute Gasteiger partial charge is 0.263 e. The normalized spacial score (nSPS) is 12.2. The third kappa shape index (κ3) is 3.94. The molecule has 4 aromatic rings. The highest BCUT2D eigenvalue weighted by Crippen LogP contribution is 2.31. The topological polar surface area (TPSA) is 89.8 Å². The Morgan fingerprint density at radius 1 is 1.23 bits per heavy atom. The third-order valence-corrected chi connectivity index (χ3v) is 7.10. The summed E-state index contributed by atoms with van der Waals surface area (Å²) in [7, 11) is 0. The maximum absolute atomic E-state index is 13.4. The molecule has 3 aromatic heterocycles. The van der Waals surface area contributed by atoms with Crippen LogP contribution < -0.4 is 10.9 Å². The van der Waals surface area contributed by atoms with Crippen LogP contribution in [-0.4, -0.2) is 25.7 Å². The molecule has 0 saturated heterocycles. The van der Waals surface area contributed by atoms with Gasteiger partial charge in [-0.2, -0.15) is 0 Å². The lowest BCUT2D eigenvalue weighted by molar-refractivity contribution is -0.119. The van der Waals surface area contributed by atoms with Crippen molar-refractivity contribution in [2.45, 2.75) is 32.7 Å². The van der Waals surface area contributed by atoms with E-state index in [4.69, 9.17) is 0 Å². The lowest BCUT2D eigenvalue weighted by Crippen LogP contribution is -2.33. The van der Waals surface area contributed by atoms with E-state index in [0.717, 1.165) is 27.0 Å². The average molecular weight is 504 g/mol. The minimum Gasteiger partial charge on any atom is -0.299 e. The number of rotatable bonds is 6. The highest BCUT2D eigenvalue weighted by Gasteiger charge is 2.23. The van der Waals surface area contributed by atoms with Crippen LogP contribution in [0.5, 0.6) is 0 Å². The number of aryl methyl sites for hydroxylation is 1. The van der Waals surface area contributed by atoms with E-state index < -0.39 is 6.04 Å². The van der Waals surface area contributed by atoms with Crippen LogP contribution in [0.2, 0.25) is 0 Å². The molecule has 0 radical (unpaired) electrons. The standard InChI is InChI=1S/C20H18BrN5O2S2/c1-3-14(17(27)23-20-25-24-15(4-2)30-20)26-10-22-18-16(19(26)28)13(9-29-18)11-5-7-12(21)8-6-11/h5-10,14H,3-4H2,1-2H3,(H,23,25,27). The fourth-order valence-corrected chi connectivity index (χ4v) is 5.01. The van der Waals surface area contributed by atoms with E-state index in [1.807, 2.05) is 43.5 Å². The van der Waals surface area contributed by atoms with Crippen molar-refractivity contribution < 1.29 is 4.79 Å². The Morgan fingerprint density at radius 2 is 2.00 bits per heavy atom. The SMILES string of the molecule is CCc1nnc(NC(=O)C(CC)n2cnc3scc(-c4ccc(Br)cc4)c3c2=O)s1. The van der Waals surface area contributed by atoms with E-state index in [1.54, 1.807) is 0 Å². The van der Waals surface area contributed by atoms with Crippen LogP contribution in [0.4, 0.5) is 5.13 Å². The largest absolute Gasteiger partial charge is 0.299 e. The summed E-state index contributed by atoms with van der Waals surface area (Å²) in [5.41, 5.74) is 1.52. The number of carbonyl (C=O) groups is 1. The number of amides is 1. The second-order valence-corrected chi connectivity index (χ2v) is 9.40. The Hall–Kier alpha value is -2.43. The molecule has 1 aromatic carbocycles. The Bertz CT molecular complexity index is 1260. The van der Waals surface area contributed by atoms with E-state index in [2.05, 4.69) is 36.4 Å². The zero-order valence-corrected chi connectivity index (χ0v) is 19.5. The summed E-state index contributed by atoms with van der Waals surface area (Å²) in [6.45, 7) is 3.84. The molecule has 0 aliphatic carbocycles. The molecule has 0 aliphatic heterocycles. The minimum absolute atomic E-state index is 0.229. The van der Waals surface area contributed by atoms with Crippen LogP contribution in [0.25, 0.3) is 21.3 Å². The van der Waals surface area contributed by atoms with Crippen molar-refractivity contribution >= 4 is 59.9 Å². The number of halogens is 1. The molecule has 0 aliphatic rings. The van der Waals surface area contributed by atoms with E-state index in [1.165, 1.54) is 33.6 Å². The lowest BCUT2D eigenvalue weighted by Gasteiger charge is -2.16. The van der Waals surface area contributed by atoms with E-state index >= 15 is 0 Å². The van der Waals surface area contributed by atoms with Crippen LogP contribution in [0, 0.1) is 0 Å². The number of aromatic nitrogens is 4. The molecule has 0 spiro atoms. The maximum atomic E-state index is 13.4. The van der Waals surface area contributed by atoms with Gasteiger partial charge in [-0.25, -0.2) is 4.98 Å². The van der Waals surface area contributed by atoms with Crippen molar-refractivity contribution in [1.82, 2.24) is 19.7 Å². The third-order valence-electron chi connectivity index (χ3n) is 4.70. The molecule has 30 heavy (non-hydrogen) atoms. The summed E-state index contributed by atoms with van der Waals surface area (Å²) in [6.07, 6.45) is 2.65.